The van der Waals surface area contributed by atoms with Crippen molar-refractivity contribution in [3.63, 3.8) is 0 Å². The Labute approximate surface area is 180 Å². The first kappa shape index (κ1) is 20.6. The minimum absolute atomic E-state index is 0.0535. The SMILES string of the molecule is Cc1nccc(-c2cccc(NC(=O)N3CCN(C(=O)c4cc(C)oc4C)CC3)c2)n1. The summed E-state index contributed by atoms with van der Waals surface area (Å²) in [5.74, 6) is 1.99. The van der Waals surface area contributed by atoms with Crippen molar-refractivity contribution in [2.24, 2.45) is 0 Å². The minimum atomic E-state index is -0.182. The van der Waals surface area contributed by atoms with E-state index in [0.717, 1.165) is 17.0 Å². The molecule has 3 amide bonds. The maximum atomic E-state index is 12.7. The van der Waals surface area contributed by atoms with Crippen LogP contribution in [0.5, 0.6) is 0 Å². The number of aryl methyl sites for hydroxylation is 3. The molecule has 0 spiro atoms. The van der Waals surface area contributed by atoms with Gasteiger partial charge in [-0.1, -0.05) is 12.1 Å². The number of carbonyl (C=O) groups excluding carboxylic acids is 2. The van der Waals surface area contributed by atoms with Crippen LogP contribution in [0, 0.1) is 20.8 Å². The standard InChI is InChI=1S/C23H25N5O3/c1-15-13-20(16(2)31-15)22(29)27-9-11-28(12-10-27)23(30)26-19-6-4-5-18(14-19)21-7-8-24-17(3)25-21/h4-8,13-14H,9-12H2,1-3H3,(H,26,30). The van der Waals surface area contributed by atoms with E-state index >= 15 is 0 Å². The fourth-order valence-electron chi connectivity index (χ4n) is 3.70. The number of piperazine rings is 1. The molecule has 1 N–H and O–H groups in total. The highest BCUT2D eigenvalue weighted by atomic mass is 16.3. The van der Waals surface area contributed by atoms with Gasteiger partial charge >= 0.3 is 6.03 Å². The van der Waals surface area contributed by atoms with Crippen LogP contribution in [0.3, 0.4) is 0 Å². The molecule has 1 aliphatic heterocycles. The number of nitrogens with one attached hydrogen (secondary N) is 1. The molecule has 160 valence electrons. The molecule has 0 atom stereocenters. The predicted molar refractivity (Wildman–Crippen MR) is 117 cm³/mol. The zero-order valence-electron chi connectivity index (χ0n) is 17.9. The third-order valence-corrected chi connectivity index (χ3v) is 5.31. The average molecular weight is 419 g/mol. The number of amides is 3. The van der Waals surface area contributed by atoms with Crippen molar-refractivity contribution in [1.29, 1.82) is 0 Å². The van der Waals surface area contributed by atoms with Crippen molar-refractivity contribution in [3.8, 4) is 11.3 Å². The van der Waals surface area contributed by atoms with E-state index in [0.29, 0.717) is 49.0 Å². The van der Waals surface area contributed by atoms with E-state index < -0.39 is 0 Å². The van der Waals surface area contributed by atoms with Crippen LogP contribution in [0.2, 0.25) is 0 Å². The molecule has 0 aliphatic carbocycles. The zero-order chi connectivity index (χ0) is 22.0. The van der Waals surface area contributed by atoms with Crippen LogP contribution >= 0.6 is 0 Å². The molecule has 0 saturated carbocycles. The average Bonchev–Trinajstić information content (AvgIpc) is 3.11. The molecule has 1 saturated heterocycles. The number of carbonyl (C=O) groups is 2. The Morgan fingerprint density at radius 1 is 1.00 bits per heavy atom. The first-order valence-electron chi connectivity index (χ1n) is 10.2. The number of furan rings is 1. The Morgan fingerprint density at radius 3 is 2.42 bits per heavy atom. The predicted octanol–water partition coefficient (Wildman–Crippen LogP) is 3.65. The molecule has 8 heteroatoms. The maximum Gasteiger partial charge on any atom is 0.321 e. The van der Waals surface area contributed by atoms with Crippen LogP contribution in [0.15, 0.2) is 47.0 Å². The second-order valence-electron chi connectivity index (χ2n) is 7.61. The van der Waals surface area contributed by atoms with Gasteiger partial charge in [-0.15, -0.1) is 0 Å². The summed E-state index contributed by atoms with van der Waals surface area (Å²) in [4.78, 5) is 37.5. The van der Waals surface area contributed by atoms with Crippen molar-refractivity contribution in [2.75, 3.05) is 31.5 Å². The van der Waals surface area contributed by atoms with Gasteiger partial charge in [0.2, 0.25) is 0 Å². The number of benzene rings is 1. The van der Waals surface area contributed by atoms with Crippen LogP contribution < -0.4 is 5.32 Å². The third-order valence-electron chi connectivity index (χ3n) is 5.31. The summed E-state index contributed by atoms with van der Waals surface area (Å²) in [6.07, 6.45) is 1.72. The van der Waals surface area contributed by atoms with E-state index in [4.69, 9.17) is 4.42 Å². The van der Waals surface area contributed by atoms with Gasteiger partial charge in [0.1, 0.15) is 17.3 Å². The Morgan fingerprint density at radius 2 is 1.74 bits per heavy atom. The molecule has 31 heavy (non-hydrogen) atoms. The van der Waals surface area contributed by atoms with E-state index in [9.17, 15) is 9.59 Å². The lowest BCUT2D eigenvalue weighted by atomic mass is 10.1. The van der Waals surface area contributed by atoms with Gasteiger partial charge in [0.15, 0.2) is 0 Å². The molecular formula is C23H25N5O3. The summed E-state index contributed by atoms with van der Waals surface area (Å²) in [6.45, 7) is 7.37. The number of rotatable bonds is 3. The lowest BCUT2D eigenvalue weighted by Crippen LogP contribution is -2.51. The van der Waals surface area contributed by atoms with Gasteiger partial charge < -0.3 is 19.5 Å². The van der Waals surface area contributed by atoms with Gasteiger partial charge in [0.05, 0.1) is 11.3 Å². The fourth-order valence-corrected chi connectivity index (χ4v) is 3.70. The summed E-state index contributed by atoms with van der Waals surface area (Å²) in [7, 11) is 0. The van der Waals surface area contributed by atoms with Gasteiger partial charge in [-0.25, -0.2) is 14.8 Å². The Kier molecular flexibility index (Phi) is 5.70. The molecule has 3 aromatic rings. The van der Waals surface area contributed by atoms with E-state index in [1.165, 1.54) is 0 Å². The first-order valence-corrected chi connectivity index (χ1v) is 10.2. The van der Waals surface area contributed by atoms with Gasteiger partial charge in [0, 0.05) is 43.6 Å². The smallest absolute Gasteiger partial charge is 0.321 e. The number of aromatic nitrogens is 2. The lowest BCUT2D eigenvalue weighted by molar-refractivity contribution is 0.0670. The maximum absolute atomic E-state index is 12.7. The van der Waals surface area contributed by atoms with Crippen LogP contribution in [0.1, 0.15) is 27.7 Å². The van der Waals surface area contributed by atoms with Gasteiger partial charge in [-0.2, -0.15) is 0 Å². The monoisotopic (exact) mass is 419 g/mol. The number of nitrogens with zero attached hydrogens (tertiary/aromatic N) is 4. The third kappa shape index (κ3) is 4.58. The Hall–Kier alpha value is -3.68. The van der Waals surface area contributed by atoms with E-state index in [2.05, 4.69) is 15.3 Å². The van der Waals surface area contributed by atoms with E-state index in [1.54, 1.807) is 29.0 Å². The molecule has 1 fully saturated rings. The van der Waals surface area contributed by atoms with Crippen molar-refractivity contribution in [1.82, 2.24) is 19.8 Å². The summed E-state index contributed by atoms with van der Waals surface area (Å²) >= 11 is 0. The normalized spacial score (nSPS) is 13.9. The molecule has 0 radical (unpaired) electrons. The molecule has 0 bridgehead atoms. The summed E-state index contributed by atoms with van der Waals surface area (Å²) in [5, 5.41) is 2.95. The molecular weight excluding hydrogens is 394 g/mol. The van der Waals surface area contributed by atoms with Gasteiger partial charge in [0.25, 0.3) is 5.91 Å². The quantitative estimate of drug-likeness (QED) is 0.700. The highest BCUT2D eigenvalue weighted by molar-refractivity contribution is 5.95. The Balaban J connectivity index is 1.37. The summed E-state index contributed by atoms with van der Waals surface area (Å²) in [6, 6.07) is 11.0. The van der Waals surface area contributed by atoms with Gasteiger partial charge in [-0.05, 0) is 45.0 Å². The second-order valence-corrected chi connectivity index (χ2v) is 7.61. The molecule has 1 aliphatic rings. The summed E-state index contributed by atoms with van der Waals surface area (Å²) in [5.41, 5.74) is 3.00. The van der Waals surface area contributed by atoms with Crippen LogP contribution in [-0.4, -0.2) is 57.9 Å². The van der Waals surface area contributed by atoms with Crippen LogP contribution in [0.4, 0.5) is 10.5 Å². The number of hydrogen-bond acceptors (Lipinski definition) is 5. The molecule has 2 aromatic heterocycles. The van der Waals surface area contributed by atoms with Crippen molar-refractivity contribution in [3.05, 3.63) is 65.5 Å². The second kappa shape index (κ2) is 8.59. The first-order chi connectivity index (χ1) is 14.9. The number of urea groups is 1. The number of anilines is 1. The molecule has 0 unspecified atom stereocenters. The van der Waals surface area contributed by atoms with Crippen LogP contribution in [-0.2, 0) is 0 Å². The number of hydrogen-bond donors (Lipinski definition) is 1. The van der Waals surface area contributed by atoms with E-state index in [1.807, 2.05) is 44.2 Å². The van der Waals surface area contributed by atoms with E-state index in [-0.39, 0.29) is 11.9 Å². The highest BCUT2D eigenvalue weighted by Crippen LogP contribution is 2.21. The topological polar surface area (TPSA) is 91.6 Å². The highest BCUT2D eigenvalue weighted by Gasteiger charge is 2.26. The van der Waals surface area contributed by atoms with Crippen molar-refractivity contribution in [2.45, 2.75) is 20.8 Å². The molecule has 8 nitrogen and oxygen atoms in total. The van der Waals surface area contributed by atoms with Crippen molar-refractivity contribution < 1.29 is 14.0 Å². The fraction of sp³-hybridized carbons (Fsp3) is 0.304. The molecule has 4 rings (SSSR count). The van der Waals surface area contributed by atoms with Crippen LogP contribution in [0.25, 0.3) is 11.3 Å². The lowest BCUT2D eigenvalue weighted by Gasteiger charge is -2.34. The van der Waals surface area contributed by atoms with Gasteiger partial charge in [-0.3, -0.25) is 4.79 Å². The molecule has 3 heterocycles. The molecule has 1 aromatic carbocycles. The van der Waals surface area contributed by atoms with Crippen molar-refractivity contribution >= 4 is 17.6 Å². The summed E-state index contributed by atoms with van der Waals surface area (Å²) < 4.78 is 5.47. The Bertz CT molecular complexity index is 1120. The largest absolute Gasteiger partial charge is 0.466 e. The zero-order valence-corrected chi connectivity index (χ0v) is 17.9. The minimum Gasteiger partial charge on any atom is -0.466 e.